The Morgan fingerprint density at radius 3 is 1.74 bits per heavy atom. The Labute approximate surface area is 118 Å². The van der Waals surface area contributed by atoms with Crippen LogP contribution >= 0.6 is 0 Å². The van der Waals surface area contributed by atoms with Crippen molar-refractivity contribution in [1.29, 1.82) is 0 Å². The van der Waals surface area contributed by atoms with Gasteiger partial charge < -0.3 is 5.32 Å². The number of hydrogen-bond donors (Lipinski definition) is 1. The van der Waals surface area contributed by atoms with Crippen LogP contribution in [0.15, 0.2) is 34.4 Å². The minimum Gasteiger partial charge on any atom is -0.305 e. The molecule has 0 fully saturated rings. The monoisotopic (exact) mass is 259 g/mol. The average Bonchev–Trinajstić information content (AvgIpc) is 2.79. The molecule has 1 heteroatoms. The lowest BCUT2D eigenvalue weighted by Gasteiger charge is -2.44. The summed E-state index contributed by atoms with van der Waals surface area (Å²) in [6.45, 7) is 16.0. The van der Waals surface area contributed by atoms with Gasteiger partial charge in [-0.3, -0.25) is 0 Å². The van der Waals surface area contributed by atoms with Gasteiger partial charge in [0, 0.05) is 17.0 Å². The molecule has 0 amide bonds. The van der Waals surface area contributed by atoms with E-state index in [1.807, 2.05) is 0 Å². The zero-order chi connectivity index (χ0) is 14.4. The molecule has 0 aromatic carbocycles. The van der Waals surface area contributed by atoms with Crippen LogP contribution in [0.5, 0.6) is 0 Å². The Bertz CT molecular complexity index is 436. The van der Waals surface area contributed by atoms with Crippen molar-refractivity contribution >= 4 is 0 Å². The summed E-state index contributed by atoms with van der Waals surface area (Å²) in [5.74, 6) is 0.557. The fourth-order valence-electron chi connectivity index (χ4n) is 4.01. The van der Waals surface area contributed by atoms with Crippen LogP contribution in [0, 0.1) is 5.92 Å². The lowest BCUT2D eigenvalue weighted by atomic mass is 9.74. The highest BCUT2D eigenvalue weighted by Gasteiger charge is 2.45. The summed E-state index contributed by atoms with van der Waals surface area (Å²) in [7, 11) is 0. The van der Waals surface area contributed by atoms with Crippen molar-refractivity contribution in [2.24, 2.45) is 5.92 Å². The highest BCUT2D eigenvalue weighted by Crippen LogP contribution is 2.47. The van der Waals surface area contributed by atoms with E-state index in [1.54, 1.807) is 11.1 Å². The van der Waals surface area contributed by atoms with E-state index < -0.39 is 0 Å². The first kappa shape index (κ1) is 14.6. The van der Waals surface area contributed by atoms with E-state index >= 15 is 0 Å². The van der Waals surface area contributed by atoms with Gasteiger partial charge >= 0.3 is 0 Å². The normalized spacial score (nSPS) is 23.9. The van der Waals surface area contributed by atoms with Crippen LogP contribution < -0.4 is 5.32 Å². The van der Waals surface area contributed by atoms with Crippen LogP contribution in [0.2, 0.25) is 0 Å². The molecule has 0 aromatic rings. The van der Waals surface area contributed by atoms with E-state index in [2.05, 4.69) is 65.9 Å². The van der Waals surface area contributed by atoms with Gasteiger partial charge in [-0.25, -0.2) is 0 Å². The molecule has 0 aromatic heterocycles. The summed E-state index contributed by atoms with van der Waals surface area (Å²) in [5.41, 5.74) is 6.47. The van der Waals surface area contributed by atoms with E-state index in [9.17, 15) is 0 Å². The first-order valence-electron chi connectivity index (χ1n) is 7.47. The van der Waals surface area contributed by atoms with Crippen molar-refractivity contribution in [1.82, 2.24) is 5.32 Å². The molecule has 1 nitrogen and oxygen atoms in total. The second-order valence-corrected chi connectivity index (χ2v) is 7.46. The van der Waals surface area contributed by atoms with E-state index in [0.29, 0.717) is 5.92 Å². The fraction of sp³-hybridized carbons (Fsp3) is 0.667. The third-order valence-electron chi connectivity index (χ3n) is 4.92. The fourth-order valence-corrected chi connectivity index (χ4v) is 4.01. The van der Waals surface area contributed by atoms with E-state index in [0.717, 1.165) is 12.8 Å². The zero-order valence-corrected chi connectivity index (χ0v) is 13.6. The maximum atomic E-state index is 3.94. The Balaban J connectivity index is 2.42. The molecule has 0 aliphatic heterocycles. The van der Waals surface area contributed by atoms with Gasteiger partial charge in [-0.15, -0.1) is 0 Å². The van der Waals surface area contributed by atoms with Crippen LogP contribution in [0.3, 0.4) is 0 Å². The highest BCUT2D eigenvalue weighted by molar-refractivity contribution is 5.49. The maximum absolute atomic E-state index is 3.94. The third kappa shape index (κ3) is 2.45. The van der Waals surface area contributed by atoms with Gasteiger partial charge in [0.2, 0.25) is 0 Å². The molecule has 0 unspecified atom stereocenters. The molecule has 1 N–H and O–H groups in total. The molecule has 0 spiro atoms. The van der Waals surface area contributed by atoms with E-state index in [-0.39, 0.29) is 11.1 Å². The van der Waals surface area contributed by atoms with Crippen LogP contribution in [-0.4, -0.2) is 11.1 Å². The number of nitrogens with one attached hydrogen (secondary N) is 1. The van der Waals surface area contributed by atoms with Crippen LogP contribution in [0.1, 0.15) is 61.3 Å². The third-order valence-corrected chi connectivity index (χ3v) is 4.92. The SMILES string of the molecule is CC1=C(C)C(C2(NC(C)(C)C)CC=CC2)C(C)=C1C. The van der Waals surface area contributed by atoms with Crippen LogP contribution in [-0.2, 0) is 0 Å². The Hall–Kier alpha value is -0.820. The molecule has 2 aliphatic rings. The molecule has 0 saturated heterocycles. The predicted octanol–water partition coefficient (Wildman–Crippen LogP) is 4.77. The molecule has 0 radical (unpaired) electrons. The van der Waals surface area contributed by atoms with Crippen molar-refractivity contribution in [2.45, 2.75) is 72.4 Å². The number of hydrogen-bond acceptors (Lipinski definition) is 1. The van der Waals surface area contributed by atoms with E-state index in [1.165, 1.54) is 11.1 Å². The summed E-state index contributed by atoms with van der Waals surface area (Å²) in [6, 6.07) is 0. The van der Waals surface area contributed by atoms with Gasteiger partial charge in [0.05, 0.1) is 0 Å². The predicted molar refractivity (Wildman–Crippen MR) is 84.2 cm³/mol. The Morgan fingerprint density at radius 2 is 1.37 bits per heavy atom. The first-order valence-corrected chi connectivity index (χ1v) is 7.47. The summed E-state index contributed by atoms with van der Waals surface area (Å²) < 4.78 is 0. The minimum atomic E-state index is 0.150. The van der Waals surface area contributed by atoms with Crippen LogP contribution in [0.25, 0.3) is 0 Å². The number of rotatable bonds is 2. The smallest absolute Gasteiger partial charge is 0.0357 e. The highest BCUT2D eigenvalue weighted by atomic mass is 15.1. The maximum Gasteiger partial charge on any atom is 0.0357 e. The minimum absolute atomic E-state index is 0.150. The van der Waals surface area contributed by atoms with Gasteiger partial charge in [-0.05, 0) is 72.5 Å². The van der Waals surface area contributed by atoms with Crippen molar-refractivity contribution in [3.8, 4) is 0 Å². The molecule has 0 bridgehead atoms. The topological polar surface area (TPSA) is 12.0 Å². The molecule has 0 saturated carbocycles. The molecule has 0 atom stereocenters. The van der Waals surface area contributed by atoms with E-state index in [4.69, 9.17) is 0 Å². The van der Waals surface area contributed by atoms with Gasteiger partial charge in [0.25, 0.3) is 0 Å². The first-order chi connectivity index (χ1) is 8.68. The molecular weight excluding hydrogens is 230 g/mol. The Kier molecular flexibility index (Phi) is 3.55. The summed E-state index contributed by atoms with van der Waals surface area (Å²) in [4.78, 5) is 0. The lowest BCUT2D eigenvalue weighted by Crippen LogP contribution is -2.57. The second kappa shape index (κ2) is 4.63. The van der Waals surface area contributed by atoms with Gasteiger partial charge in [-0.1, -0.05) is 23.3 Å². The summed E-state index contributed by atoms with van der Waals surface area (Å²) >= 11 is 0. The van der Waals surface area contributed by atoms with Crippen molar-refractivity contribution in [3.63, 3.8) is 0 Å². The second-order valence-electron chi connectivity index (χ2n) is 7.46. The van der Waals surface area contributed by atoms with Crippen molar-refractivity contribution in [2.75, 3.05) is 0 Å². The molecular formula is C18H29N. The molecule has 19 heavy (non-hydrogen) atoms. The average molecular weight is 259 g/mol. The van der Waals surface area contributed by atoms with Crippen LogP contribution in [0.4, 0.5) is 0 Å². The lowest BCUT2D eigenvalue weighted by molar-refractivity contribution is 0.210. The number of allylic oxidation sites excluding steroid dienone is 2. The van der Waals surface area contributed by atoms with Crippen molar-refractivity contribution in [3.05, 3.63) is 34.4 Å². The Morgan fingerprint density at radius 1 is 0.947 bits per heavy atom. The molecule has 2 rings (SSSR count). The zero-order valence-electron chi connectivity index (χ0n) is 13.6. The standard InChI is InChI=1S/C18H29N/c1-12-13(2)15(4)16(14(12)3)18(10-8-9-11-18)19-17(5,6)7/h8-9,16,19H,10-11H2,1-7H3. The molecule has 0 heterocycles. The molecule has 2 aliphatic carbocycles. The largest absolute Gasteiger partial charge is 0.305 e. The van der Waals surface area contributed by atoms with Gasteiger partial charge in [0.1, 0.15) is 0 Å². The molecule has 106 valence electrons. The summed E-state index contributed by atoms with van der Waals surface area (Å²) in [6.07, 6.45) is 6.99. The van der Waals surface area contributed by atoms with Crippen molar-refractivity contribution < 1.29 is 0 Å². The quantitative estimate of drug-likeness (QED) is 0.705. The van der Waals surface area contributed by atoms with Gasteiger partial charge in [-0.2, -0.15) is 0 Å². The van der Waals surface area contributed by atoms with Gasteiger partial charge in [0.15, 0.2) is 0 Å². The summed E-state index contributed by atoms with van der Waals surface area (Å²) in [5, 5.41) is 3.94.